The van der Waals surface area contributed by atoms with Crippen molar-refractivity contribution in [2.24, 2.45) is 0 Å². The van der Waals surface area contributed by atoms with Crippen LogP contribution in [-0.2, 0) is 17.8 Å². The van der Waals surface area contributed by atoms with Crippen LogP contribution in [0.5, 0.6) is 5.75 Å². The number of hydrogen-bond acceptors (Lipinski definition) is 3. The van der Waals surface area contributed by atoms with E-state index in [-0.39, 0.29) is 0 Å². The van der Waals surface area contributed by atoms with Crippen LogP contribution in [0, 0.1) is 5.82 Å². The Labute approximate surface area is 126 Å². The summed E-state index contributed by atoms with van der Waals surface area (Å²) in [5, 5.41) is 8.65. The first-order valence-corrected chi connectivity index (χ1v) is 7.31. The standard InChI is InChI=1S/C16H15FO3S/c1-2-13-5-6-14(21-13)10-20-15-7-4-12(17)9-11(15)3-8-16(18)19/h3-9H,2,10H2,1H3,(H,18,19)/b8-3+. The third-order valence-corrected chi connectivity index (χ3v) is 4.02. The van der Waals surface area contributed by atoms with Crippen molar-refractivity contribution in [3.8, 4) is 5.75 Å². The van der Waals surface area contributed by atoms with Gasteiger partial charge in [-0.1, -0.05) is 6.92 Å². The van der Waals surface area contributed by atoms with E-state index >= 15 is 0 Å². The maximum atomic E-state index is 13.2. The van der Waals surface area contributed by atoms with Gasteiger partial charge < -0.3 is 9.84 Å². The van der Waals surface area contributed by atoms with Crippen LogP contribution in [-0.4, -0.2) is 11.1 Å². The highest BCUT2D eigenvalue weighted by atomic mass is 32.1. The molecule has 0 aliphatic carbocycles. The molecule has 0 aliphatic rings. The summed E-state index contributed by atoms with van der Waals surface area (Å²) in [5.74, 6) is -1.06. The molecule has 0 fully saturated rings. The zero-order chi connectivity index (χ0) is 15.2. The Kier molecular flexibility index (Phi) is 5.11. The number of halogens is 1. The van der Waals surface area contributed by atoms with Crippen LogP contribution in [0.25, 0.3) is 6.08 Å². The molecule has 0 unspecified atom stereocenters. The predicted octanol–water partition coefficient (Wildman–Crippen LogP) is 4.13. The fourth-order valence-electron chi connectivity index (χ4n) is 1.78. The minimum atomic E-state index is -1.09. The summed E-state index contributed by atoms with van der Waals surface area (Å²) >= 11 is 1.67. The Hall–Kier alpha value is -2.14. The molecule has 110 valence electrons. The zero-order valence-electron chi connectivity index (χ0n) is 11.5. The molecule has 0 saturated carbocycles. The van der Waals surface area contributed by atoms with Gasteiger partial charge in [-0.05, 0) is 42.8 Å². The number of aliphatic carboxylic acids is 1. The molecule has 0 spiro atoms. The zero-order valence-corrected chi connectivity index (χ0v) is 12.3. The van der Waals surface area contributed by atoms with Crippen LogP contribution >= 0.6 is 11.3 Å². The normalized spacial score (nSPS) is 11.0. The van der Waals surface area contributed by atoms with Crippen molar-refractivity contribution in [3.05, 3.63) is 57.5 Å². The summed E-state index contributed by atoms with van der Waals surface area (Å²) in [6.07, 6.45) is 3.27. The maximum absolute atomic E-state index is 13.2. The van der Waals surface area contributed by atoms with E-state index in [0.29, 0.717) is 17.9 Å². The summed E-state index contributed by atoms with van der Waals surface area (Å²) in [4.78, 5) is 12.9. The highest BCUT2D eigenvalue weighted by Crippen LogP contribution is 2.24. The number of carboxylic acid groups (broad SMARTS) is 1. The molecule has 21 heavy (non-hydrogen) atoms. The molecule has 0 amide bonds. The minimum Gasteiger partial charge on any atom is -0.487 e. The van der Waals surface area contributed by atoms with Gasteiger partial charge in [-0.15, -0.1) is 11.3 Å². The average Bonchev–Trinajstić information content (AvgIpc) is 2.92. The second kappa shape index (κ2) is 7.04. The number of ether oxygens (including phenoxy) is 1. The molecule has 0 bridgehead atoms. The van der Waals surface area contributed by atoms with Crippen LogP contribution in [0.4, 0.5) is 4.39 Å². The van der Waals surface area contributed by atoms with Gasteiger partial charge in [-0.25, -0.2) is 9.18 Å². The Bertz CT molecular complexity index is 661. The fraction of sp³-hybridized carbons (Fsp3) is 0.188. The van der Waals surface area contributed by atoms with Crippen LogP contribution in [0.2, 0.25) is 0 Å². The Morgan fingerprint density at radius 2 is 2.10 bits per heavy atom. The second-order valence-electron chi connectivity index (χ2n) is 4.36. The molecule has 1 aromatic heterocycles. The van der Waals surface area contributed by atoms with Crippen molar-refractivity contribution in [2.45, 2.75) is 20.0 Å². The molecule has 1 N–H and O–H groups in total. The van der Waals surface area contributed by atoms with Gasteiger partial charge in [-0.2, -0.15) is 0 Å². The van der Waals surface area contributed by atoms with Gasteiger partial charge in [0.15, 0.2) is 0 Å². The first-order chi connectivity index (χ1) is 10.1. The van der Waals surface area contributed by atoms with Crippen molar-refractivity contribution < 1.29 is 19.0 Å². The largest absolute Gasteiger partial charge is 0.487 e. The van der Waals surface area contributed by atoms with Gasteiger partial charge >= 0.3 is 5.97 Å². The third-order valence-electron chi connectivity index (χ3n) is 2.81. The fourth-order valence-corrected chi connectivity index (χ4v) is 2.65. The van der Waals surface area contributed by atoms with E-state index in [1.807, 2.05) is 6.07 Å². The molecule has 2 rings (SSSR count). The van der Waals surface area contributed by atoms with Crippen molar-refractivity contribution in [3.63, 3.8) is 0 Å². The smallest absolute Gasteiger partial charge is 0.328 e. The lowest BCUT2D eigenvalue weighted by Crippen LogP contribution is -1.96. The van der Waals surface area contributed by atoms with Crippen molar-refractivity contribution >= 4 is 23.4 Å². The number of aryl methyl sites for hydroxylation is 1. The molecule has 2 aromatic rings. The Balaban J connectivity index is 2.13. The van der Waals surface area contributed by atoms with Crippen LogP contribution in [0.1, 0.15) is 22.2 Å². The molecule has 1 heterocycles. The lowest BCUT2D eigenvalue weighted by atomic mass is 10.2. The first-order valence-electron chi connectivity index (χ1n) is 6.49. The van der Waals surface area contributed by atoms with E-state index in [1.165, 1.54) is 29.2 Å². The average molecular weight is 306 g/mol. The van der Waals surface area contributed by atoms with Gasteiger partial charge in [0.1, 0.15) is 18.2 Å². The maximum Gasteiger partial charge on any atom is 0.328 e. The van der Waals surface area contributed by atoms with Crippen LogP contribution < -0.4 is 4.74 Å². The monoisotopic (exact) mass is 306 g/mol. The van der Waals surface area contributed by atoms with E-state index in [0.717, 1.165) is 17.4 Å². The summed E-state index contributed by atoms with van der Waals surface area (Å²) in [6.45, 7) is 2.47. The highest BCUT2D eigenvalue weighted by molar-refractivity contribution is 7.11. The van der Waals surface area contributed by atoms with Gasteiger partial charge in [0.2, 0.25) is 0 Å². The van der Waals surface area contributed by atoms with Gasteiger partial charge in [0.25, 0.3) is 0 Å². The topological polar surface area (TPSA) is 46.5 Å². The van der Waals surface area contributed by atoms with E-state index in [2.05, 4.69) is 13.0 Å². The number of carboxylic acids is 1. The number of carbonyl (C=O) groups is 1. The van der Waals surface area contributed by atoms with Crippen molar-refractivity contribution in [1.29, 1.82) is 0 Å². The van der Waals surface area contributed by atoms with Crippen LogP contribution in [0.15, 0.2) is 36.4 Å². The van der Waals surface area contributed by atoms with E-state index < -0.39 is 11.8 Å². The number of thiophene rings is 1. The molecule has 0 aliphatic heterocycles. The van der Waals surface area contributed by atoms with E-state index in [9.17, 15) is 9.18 Å². The molecular weight excluding hydrogens is 291 g/mol. The third kappa shape index (κ3) is 4.43. The number of rotatable bonds is 6. The molecule has 0 atom stereocenters. The second-order valence-corrected chi connectivity index (χ2v) is 5.62. The quantitative estimate of drug-likeness (QED) is 0.816. The van der Waals surface area contributed by atoms with Crippen molar-refractivity contribution in [2.75, 3.05) is 0 Å². The number of benzene rings is 1. The lowest BCUT2D eigenvalue weighted by molar-refractivity contribution is -0.131. The highest BCUT2D eigenvalue weighted by Gasteiger charge is 2.05. The molecule has 1 aromatic carbocycles. The predicted molar refractivity (Wildman–Crippen MR) is 81.1 cm³/mol. The summed E-state index contributed by atoms with van der Waals surface area (Å²) in [5.41, 5.74) is 0.407. The molecule has 0 saturated heterocycles. The summed E-state index contributed by atoms with van der Waals surface area (Å²) < 4.78 is 18.9. The number of hydrogen-bond donors (Lipinski definition) is 1. The lowest BCUT2D eigenvalue weighted by Gasteiger charge is -2.08. The Morgan fingerprint density at radius 3 is 2.76 bits per heavy atom. The molecule has 5 heteroatoms. The summed E-state index contributed by atoms with van der Waals surface area (Å²) in [7, 11) is 0. The van der Waals surface area contributed by atoms with E-state index in [4.69, 9.17) is 9.84 Å². The first kappa shape index (κ1) is 15.3. The molecule has 0 radical (unpaired) electrons. The van der Waals surface area contributed by atoms with Gasteiger partial charge in [0, 0.05) is 21.4 Å². The van der Waals surface area contributed by atoms with Gasteiger partial charge in [-0.3, -0.25) is 0 Å². The summed E-state index contributed by atoms with van der Waals surface area (Å²) in [6, 6.07) is 8.10. The SMILES string of the molecule is CCc1ccc(COc2ccc(F)cc2/C=C/C(=O)O)s1. The Morgan fingerprint density at radius 1 is 1.33 bits per heavy atom. The van der Waals surface area contributed by atoms with E-state index in [1.54, 1.807) is 11.3 Å². The van der Waals surface area contributed by atoms with Crippen LogP contribution in [0.3, 0.4) is 0 Å². The van der Waals surface area contributed by atoms with Gasteiger partial charge in [0.05, 0.1) is 0 Å². The molecular formula is C16H15FO3S. The minimum absolute atomic E-state index is 0.379. The van der Waals surface area contributed by atoms with Crippen molar-refractivity contribution in [1.82, 2.24) is 0 Å². The molecule has 3 nitrogen and oxygen atoms in total.